The van der Waals surface area contributed by atoms with E-state index in [4.69, 9.17) is 28.4 Å². The van der Waals surface area contributed by atoms with Crippen LogP contribution in [-0.2, 0) is 104 Å². The first-order valence-corrected chi connectivity index (χ1v) is 40.6. The van der Waals surface area contributed by atoms with Crippen LogP contribution in [0.5, 0.6) is 34.5 Å². The first kappa shape index (κ1) is 79.3. The van der Waals surface area contributed by atoms with E-state index in [0.29, 0.717) is 64.3 Å². The van der Waals surface area contributed by atoms with Crippen LogP contribution in [0.3, 0.4) is 0 Å². The van der Waals surface area contributed by atoms with Gasteiger partial charge in [-0.1, -0.05) is 121 Å². The van der Waals surface area contributed by atoms with Crippen LogP contribution >= 0.6 is 0 Å². The van der Waals surface area contributed by atoms with Crippen molar-refractivity contribution in [2.75, 3.05) is 0 Å². The summed E-state index contributed by atoms with van der Waals surface area (Å²) in [7, 11) is 0. The van der Waals surface area contributed by atoms with Gasteiger partial charge >= 0.3 is 541 Å². The third-order valence-electron chi connectivity index (χ3n) is 21.2. The summed E-state index contributed by atoms with van der Waals surface area (Å²) in [6, 6.07) is 80.9. The van der Waals surface area contributed by atoms with Crippen molar-refractivity contribution in [2.24, 2.45) is 0 Å². The fourth-order valence-corrected chi connectivity index (χ4v) is 15.4. The molecule has 0 atom stereocenters. The molecule has 11 aromatic rings. The number of benzene rings is 11. The molecule has 0 fully saturated rings. The third kappa shape index (κ3) is 20.0. The Kier molecular flexibility index (Phi) is 24.1. The number of ether oxygens (including phenoxy) is 6. The molecule has 1 heterocycles. The molecule has 0 aliphatic carbocycles. The number of hydrogen-bond acceptors (Lipinski definition) is 7. The number of rotatable bonds is 17. The van der Waals surface area contributed by atoms with Crippen LogP contribution in [0.15, 0.2) is 224 Å². The van der Waals surface area contributed by atoms with Crippen molar-refractivity contribution in [1.82, 2.24) is 0 Å². The van der Waals surface area contributed by atoms with Gasteiger partial charge in [0, 0.05) is 0 Å². The van der Waals surface area contributed by atoms with E-state index >= 15 is 0 Å². The molecule has 8 heteroatoms. The van der Waals surface area contributed by atoms with E-state index in [9.17, 15) is 4.19 Å². The van der Waals surface area contributed by atoms with Gasteiger partial charge in [-0.25, -0.2) is 0 Å². The van der Waals surface area contributed by atoms with Crippen LogP contribution in [0.25, 0.3) is 0 Å². The van der Waals surface area contributed by atoms with E-state index < -0.39 is 15.3 Å². The second kappa shape index (κ2) is 33.1. The Hall–Kier alpha value is -9.30. The predicted molar refractivity (Wildman–Crippen MR) is 451 cm³/mol. The summed E-state index contributed by atoms with van der Waals surface area (Å²) >= 11 is -1.02. The van der Waals surface area contributed by atoms with Crippen LogP contribution in [0.1, 0.15) is 247 Å². The Morgan fingerprint density at radius 2 is 0.642 bits per heavy atom. The van der Waals surface area contributed by atoms with Gasteiger partial charge in [0.1, 0.15) is 0 Å². The van der Waals surface area contributed by atoms with Gasteiger partial charge in [-0.05, 0) is 0 Å². The van der Waals surface area contributed by atoms with Gasteiger partial charge in [-0.3, -0.25) is 0 Å². The van der Waals surface area contributed by atoms with Crippen LogP contribution in [-0.4, -0.2) is 19.5 Å². The molecule has 1 aliphatic rings. The molecular formula is C101H114O7Se. The molecule has 0 radical (unpaired) electrons. The van der Waals surface area contributed by atoms with E-state index in [-0.39, 0.29) is 45.7 Å². The summed E-state index contributed by atoms with van der Waals surface area (Å²) in [6.45, 7) is 43.4. The summed E-state index contributed by atoms with van der Waals surface area (Å²) in [5.74, 6) is 4.77. The van der Waals surface area contributed by atoms with Gasteiger partial charge in [-0.15, -0.1) is 0 Å². The first-order chi connectivity index (χ1) is 51.7. The van der Waals surface area contributed by atoms with Crippen molar-refractivity contribution in [3.05, 3.63) is 347 Å². The molecule has 0 amide bonds. The van der Waals surface area contributed by atoms with E-state index in [2.05, 4.69) is 331 Å². The summed E-state index contributed by atoms with van der Waals surface area (Å²) in [6.07, 6.45) is 2.60. The Morgan fingerprint density at radius 3 is 1.05 bits per heavy atom. The molecule has 0 spiro atoms. The molecule has 0 aromatic heterocycles. The van der Waals surface area contributed by atoms with Gasteiger partial charge in [0.2, 0.25) is 0 Å². The number of fused-ring (bicyclic) bond motifs is 8. The summed E-state index contributed by atoms with van der Waals surface area (Å²) in [4.78, 5) is 0. The molecule has 0 saturated carbocycles. The molecule has 0 saturated heterocycles. The van der Waals surface area contributed by atoms with E-state index in [0.717, 1.165) is 122 Å². The molecule has 1 N–H and O–H groups in total. The summed E-state index contributed by atoms with van der Waals surface area (Å²) in [5.41, 5.74) is 23.0. The molecule has 11 aromatic carbocycles. The first-order valence-electron chi connectivity index (χ1n) is 39.0. The van der Waals surface area contributed by atoms with Crippen LogP contribution in [0.2, 0.25) is 0 Å². The van der Waals surface area contributed by atoms with Gasteiger partial charge in [-0.2, -0.15) is 0 Å². The van der Waals surface area contributed by atoms with E-state index in [1.165, 1.54) is 33.4 Å². The standard InChI is InChI=1S/C101H114O7Se/c1-96(2,3)82-42-44-89(103-61-67-32-23-19-24-33-67)74(53-82)46-72-51-84(98(7,8)9)52-73-47-76-55-85(99(10,11)12)57-78(92(76)106-63-69-36-27-21-28-37-69)49-79-58-87(101(16,17)18)59-80(93(79)107-64-70-38-29-22-30-39-70)50-81-60-86(100(13,14)15)56-77(94(81)108-65-71-40-31-41-91(95(71)109-102)105-66-88(72)73)48-75-54-83(97(4,5)6)43-45-90(75)104-62-68-34-25-20-26-35-68/h19-45,51-60,102H,46-50,61-66H2,1-18H3. The fraction of sp³-hybridized carbons (Fsp3) is 0.347. The summed E-state index contributed by atoms with van der Waals surface area (Å²) in [5, 5.41) is 0. The molecule has 7 nitrogen and oxygen atoms in total. The quantitative estimate of drug-likeness (QED) is 0.0911. The van der Waals surface area contributed by atoms with Gasteiger partial charge in [0.15, 0.2) is 0 Å². The van der Waals surface area contributed by atoms with Crippen LogP contribution in [0, 0.1) is 0 Å². The Labute approximate surface area is 658 Å². The Balaban J connectivity index is 1.14. The average Bonchev–Trinajstić information content (AvgIpc) is 0.778. The van der Waals surface area contributed by atoms with Crippen molar-refractivity contribution < 1.29 is 32.6 Å². The molecule has 6 bridgehead atoms. The van der Waals surface area contributed by atoms with Crippen molar-refractivity contribution in [3.63, 3.8) is 0 Å². The normalized spacial score (nSPS) is 13.1. The molecule has 109 heavy (non-hydrogen) atoms. The molecular weight excluding hydrogens is 1400 g/mol. The van der Waals surface area contributed by atoms with Gasteiger partial charge in [0.25, 0.3) is 0 Å². The average molecular weight is 1520 g/mol. The van der Waals surface area contributed by atoms with Crippen molar-refractivity contribution >= 4 is 19.7 Å². The van der Waals surface area contributed by atoms with E-state index in [1.54, 1.807) is 0 Å². The Bertz CT molecular complexity index is 4650. The maximum absolute atomic E-state index is 12.1. The number of hydrogen-bond donors (Lipinski definition) is 1. The monoisotopic (exact) mass is 1520 g/mol. The zero-order chi connectivity index (χ0) is 77.6. The summed E-state index contributed by atoms with van der Waals surface area (Å²) < 4.78 is 56.9. The van der Waals surface area contributed by atoms with Crippen molar-refractivity contribution in [1.29, 1.82) is 0 Å². The van der Waals surface area contributed by atoms with Gasteiger partial charge < -0.3 is 0 Å². The zero-order valence-corrected chi connectivity index (χ0v) is 69.7. The minimum absolute atomic E-state index is 0.138. The predicted octanol–water partition coefficient (Wildman–Crippen LogP) is 23.4. The second-order valence-electron chi connectivity index (χ2n) is 36.2. The van der Waals surface area contributed by atoms with Crippen LogP contribution < -0.4 is 32.9 Å². The molecule has 566 valence electrons. The molecule has 12 rings (SSSR count). The van der Waals surface area contributed by atoms with Crippen molar-refractivity contribution in [3.8, 4) is 34.5 Å². The maximum atomic E-state index is 12.1. The Morgan fingerprint density at radius 1 is 0.303 bits per heavy atom. The van der Waals surface area contributed by atoms with Crippen molar-refractivity contribution in [2.45, 2.75) is 229 Å². The topological polar surface area (TPSA) is 75.6 Å². The third-order valence-corrected chi connectivity index (χ3v) is 22.6. The fourth-order valence-electron chi connectivity index (χ4n) is 14.4. The molecule has 0 unspecified atom stereocenters. The molecule has 1 aliphatic heterocycles. The zero-order valence-electron chi connectivity index (χ0n) is 67.9. The SMILES string of the molecule is CC(C)(C)c1ccc(OCc2ccccc2)c(Cc2cc(C(C)(C)C)cc3c2COc2cccc(c2[Se]O)COc2c(Cc4cc(C(C)(C)C)ccc4OCc4ccccc4)cc(C(C)(C)C)cc2Cc2cc(C(C)(C)C)cc(c2OCc2ccccc2)Cc2cc(C(C)(C)C)cc(c2OCc2ccccc2)C3)c1. The van der Waals surface area contributed by atoms with Gasteiger partial charge in [0.05, 0.1) is 0 Å². The van der Waals surface area contributed by atoms with Crippen LogP contribution in [0.4, 0.5) is 0 Å². The van der Waals surface area contributed by atoms with E-state index in [1.807, 2.05) is 18.2 Å². The minimum atomic E-state index is -1.02. The second-order valence-corrected chi connectivity index (χ2v) is 37.4.